The molecule has 1 N–H and O–H groups in total. The number of rotatable bonds is 3. The Morgan fingerprint density at radius 3 is 3.00 bits per heavy atom. The van der Waals surface area contributed by atoms with E-state index >= 15 is 0 Å². The summed E-state index contributed by atoms with van der Waals surface area (Å²) in [5.74, 6) is -0.307. The number of benzene rings is 1. The van der Waals surface area contributed by atoms with Crippen molar-refractivity contribution in [3.8, 4) is 0 Å². The average molecular weight is 258 g/mol. The van der Waals surface area contributed by atoms with Crippen molar-refractivity contribution in [2.24, 2.45) is 0 Å². The van der Waals surface area contributed by atoms with Crippen LogP contribution in [0, 0.1) is 5.82 Å². The second-order valence-electron chi connectivity index (χ2n) is 4.21. The lowest BCUT2D eigenvalue weighted by Crippen LogP contribution is -2.02. The molecule has 0 aliphatic carbocycles. The summed E-state index contributed by atoms with van der Waals surface area (Å²) in [5, 5.41) is 17.4. The Labute approximate surface area is 108 Å². The lowest BCUT2D eigenvalue weighted by molar-refractivity contribution is 0.276. The van der Waals surface area contributed by atoms with Gasteiger partial charge in [0.2, 0.25) is 0 Å². The maximum Gasteiger partial charge on any atom is 0.124 e. The summed E-state index contributed by atoms with van der Waals surface area (Å²) in [4.78, 5) is 4.27. The first-order valence-electron chi connectivity index (χ1n) is 5.79. The minimum Gasteiger partial charge on any atom is -0.390 e. The molecule has 3 aromatic rings. The van der Waals surface area contributed by atoms with E-state index in [2.05, 4.69) is 15.3 Å². The maximum absolute atomic E-state index is 13.6. The molecular formula is C13H11FN4O. The van der Waals surface area contributed by atoms with Crippen LogP contribution in [0.15, 0.2) is 36.7 Å². The lowest BCUT2D eigenvalue weighted by Gasteiger charge is -2.05. The van der Waals surface area contributed by atoms with E-state index in [4.69, 9.17) is 5.11 Å². The first-order chi connectivity index (χ1) is 9.26. The number of aromatic nitrogens is 4. The smallest absolute Gasteiger partial charge is 0.124 e. The highest BCUT2D eigenvalue weighted by Gasteiger charge is 2.07. The molecule has 0 radical (unpaired) electrons. The van der Waals surface area contributed by atoms with Gasteiger partial charge in [-0.3, -0.25) is 4.98 Å². The van der Waals surface area contributed by atoms with Crippen LogP contribution in [0.25, 0.3) is 10.9 Å². The third kappa shape index (κ3) is 2.30. The van der Waals surface area contributed by atoms with Crippen LogP contribution < -0.4 is 0 Å². The molecule has 0 saturated carbocycles. The first kappa shape index (κ1) is 11.7. The van der Waals surface area contributed by atoms with Gasteiger partial charge in [0.05, 0.1) is 24.9 Å². The quantitative estimate of drug-likeness (QED) is 0.773. The summed E-state index contributed by atoms with van der Waals surface area (Å²) in [6, 6.07) is 6.47. The van der Waals surface area contributed by atoms with Crippen molar-refractivity contribution in [3.63, 3.8) is 0 Å². The SMILES string of the molecule is OCc1cn(Cc2cc(F)cc3cccnc23)nn1. The minimum absolute atomic E-state index is 0.165. The summed E-state index contributed by atoms with van der Waals surface area (Å²) in [6.07, 6.45) is 3.30. The van der Waals surface area contributed by atoms with Crippen LogP contribution in [0.3, 0.4) is 0 Å². The molecule has 0 atom stereocenters. The molecule has 2 heterocycles. The molecule has 96 valence electrons. The van der Waals surface area contributed by atoms with E-state index in [9.17, 15) is 4.39 Å². The molecule has 0 unspecified atom stereocenters. The van der Waals surface area contributed by atoms with Gasteiger partial charge < -0.3 is 5.11 Å². The van der Waals surface area contributed by atoms with Crippen LogP contribution in [-0.2, 0) is 13.2 Å². The van der Waals surface area contributed by atoms with Crippen molar-refractivity contribution < 1.29 is 9.50 Å². The molecule has 5 nitrogen and oxygen atoms in total. The third-order valence-corrected chi connectivity index (χ3v) is 2.83. The predicted octanol–water partition coefficient (Wildman–Crippen LogP) is 1.51. The van der Waals surface area contributed by atoms with Gasteiger partial charge in [0.25, 0.3) is 0 Å². The molecule has 0 aliphatic heterocycles. The number of halogens is 1. The monoisotopic (exact) mass is 258 g/mol. The van der Waals surface area contributed by atoms with Gasteiger partial charge in [-0.2, -0.15) is 0 Å². The van der Waals surface area contributed by atoms with Gasteiger partial charge in [-0.1, -0.05) is 11.3 Å². The second-order valence-corrected chi connectivity index (χ2v) is 4.21. The van der Waals surface area contributed by atoms with E-state index in [1.807, 2.05) is 6.07 Å². The zero-order valence-electron chi connectivity index (χ0n) is 9.99. The van der Waals surface area contributed by atoms with Gasteiger partial charge in [0.15, 0.2) is 0 Å². The second kappa shape index (κ2) is 4.74. The summed E-state index contributed by atoms with van der Waals surface area (Å²) >= 11 is 0. The van der Waals surface area contributed by atoms with Crippen LogP contribution in [0.5, 0.6) is 0 Å². The van der Waals surface area contributed by atoms with E-state index in [0.717, 1.165) is 16.5 Å². The van der Waals surface area contributed by atoms with Gasteiger partial charge in [0, 0.05) is 17.1 Å². The topological polar surface area (TPSA) is 63.8 Å². The fourth-order valence-electron chi connectivity index (χ4n) is 2.01. The van der Waals surface area contributed by atoms with Crippen molar-refractivity contribution in [2.45, 2.75) is 13.2 Å². The molecule has 0 aliphatic rings. The number of aliphatic hydroxyl groups is 1. The minimum atomic E-state index is -0.307. The summed E-state index contributed by atoms with van der Waals surface area (Å²) in [7, 11) is 0. The molecule has 0 amide bonds. The van der Waals surface area contributed by atoms with Crippen molar-refractivity contribution in [2.75, 3.05) is 0 Å². The number of aliphatic hydroxyl groups excluding tert-OH is 1. The zero-order chi connectivity index (χ0) is 13.2. The molecule has 19 heavy (non-hydrogen) atoms. The number of fused-ring (bicyclic) bond motifs is 1. The largest absolute Gasteiger partial charge is 0.390 e. The van der Waals surface area contributed by atoms with E-state index in [1.54, 1.807) is 23.1 Å². The number of hydrogen-bond acceptors (Lipinski definition) is 4. The molecule has 0 saturated heterocycles. The van der Waals surface area contributed by atoms with Gasteiger partial charge in [-0.15, -0.1) is 5.10 Å². The van der Waals surface area contributed by atoms with Gasteiger partial charge in [-0.25, -0.2) is 9.07 Å². The van der Waals surface area contributed by atoms with Crippen molar-refractivity contribution in [1.82, 2.24) is 20.0 Å². The van der Waals surface area contributed by atoms with Crippen molar-refractivity contribution in [1.29, 1.82) is 0 Å². The molecule has 2 aromatic heterocycles. The molecule has 1 aromatic carbocycles. The highest BCUT2D eigenvalue weighted by Crippen LogP contribution is 2.19. The third-order valence-electron chi connectivity index (χ3n) is 2.83. The first-order valence-corrected chi connectivity index (χ1v) is 5.79. The van der Waals surface area contributed by atoms with E-state index in [1.165, 1.54) is 12.1 Å². The highest BCUT2D eigenvalue weighted by molar-refractivity contribution is 5.81. The Morgan fingerprint density at radius 2 is 2.21 bits per heavy atom. The Hall–Kier alpha value is -2.34. The number of pyridine rings is 1. The Balaban J connectivity index is 2.04. The highest BCUT2D eigenvalue weighted by atomic mass is 19.1. The lowest BCUT2D eigenvalue weighted by atomic mass is 10.1. The van der Waals surface area contributed by atoms with Crippen molar-refractivity contribution in [3.05, 3.63) is 53.7 Å². The molecule has 6 heteroatoms. The van der Waals surface area contributed by atoms with E-state index in [-0.39, 0.29) is 12.4 Å². The number of hydrogen-bond donors (Lipinski definition) is 1. The van der Waals surface area contributed by atoms with Crippen LogP contribution in [0.2, 0.25) is 0 Å². The molecular weight excluding hydrogens is 247 g/mol. The van der Waals surface area contributed by atoms with Gasteiger partial charge in [-0.05, 0) is 18.2 Å². The number of nitrogens with zero attached hydrogens (tertiary/aromatic N) is 4. The Kier molecular flexibility index (Phi) is 2.92. The fraction of sp³-hybridized carbons (Fsp3) is 0.154. The van der Waals surface area contributed by atoms with Crippen LogP contribution in [0.1, 0.15) is 11.3 Å². The summed E-state index contributed by atoms with van der Waals surface area (Å²) in [5.41, 5.74) is 1.95. The average Bonchev–Trinajstić information content (AvgIpc) is 2.86. The predicted molar refractivity (Wildman–Crippen MR) is 66.7 cm³/mol. The molecule has 0 bridgehead atoms. The van der Waals surface area contributed by atoms with Crippen LogP contribution >= 0.6 is 0 Å². The Morgan fingerprint density at radius 1 is 1.32 bits per heavy atom. The normalized spacial score (nSPS) is 11.1. The van der Waals surface area contributed by atoms with Crippen molar-refractivity contribution >= 4 is 10.9 Å². The molecule has 3 rings (SSSR count). The van der Waals surface area contributed by atoms with Crippen LogP contribution in [-0.4, -0.2) is 25.1 Å². The van der Waals surface area contributed by atoms with Crippen LogP contribution in [0.4, 0.5) is 4.39 Å². The Bertz CT molecular complexity index is 725. The molecule has 0 spiro atoms. The summed E-state index contributed by atoms with van der Waals surface area (Å²) < 4.78 is 15.1. The zero-order valence-corrected chi connectivity index (χ0v) is 9.99. The molecule has 0 fully saturated rings. The maximum atomic E-state index is 13.6. The van der Waals surface area contributed by atoms with E-state index in [0.29, 0.717) is 12.2 Å². The fourth-order valence-corrected chi connectivity index (χ4v) is 2.01. The van der Waals surface area contributed by atoms with E-state index < -0.39 is 0 Å². The standard InChI is InChI=1S/C13H11FN4O/c14-11-4-9-2-1-3-15-13(9)10(5-11)6-18-7-12(8-19)16-17-18/h1-5,7,19H,6,8H2. The van der Waals surface area contributed by atoms with Gasteiger partial charge >= 0.3 is 0 Å². The van der Waals surface area contributed by atoms with Gasteiger partial charge in [0.1, 0.15) is 11.5 Å². The summed E-state index contributed by atoms with van der Waals surface area (Å²) in [6.45, 7) is 0.195.